The Morgan fingerprint density at radius 1 is 1.17 bits per heavy atom. The summed E-state index contributed by atoms with van der Waals surface area (Å²) in [6.07, 6.45) is -0.717. The Kier molecular flexibility index (Phi) is 3.80. The highest BCUT2D eigenvalue weighted by Gasteiger charge is 2.63. The number of nitrogens with zero attached hydrogens (tertiary/aromatic N) is 4. The number of carbonyl (C=O) groups excluding carboxylic acids is 1. The van der Waals surface area contributed by atoms with E-state index in [0.717, 1.165) is 6.20 Å². The molecule has 3 rings (SSSR count). The molecular weight excluding hydrogens is 325 g/mol. The molecule has 0 aliphatic carbocycles. The summed E-state index contributed by atoms with van der Waals surface area (Å²) in [5, 5.41) is 14.0. The summed E-state index contributed by atoms with van der Waals surface area (Å²) < 4.78 is 40.2. The van der Waals surface area contributed by atoms with Crippen molar-refractivity contribution in [3.63, 3.8) is 0 Å². The van der Waals surface area contributed by atoms with E-state index in [2.05, 4.69) is 15.1 Å². The van der Waals surface area contributed by atoms with Gasteiger partial charge < -0.3 is 5.11 Å². The number of pyridine rings is 2. The van der Waals surface area contributed by atoms with Crippen LogP contribution in [0.2, 0.25) is 0 Å². The lowest BCUT2D eigenvalue weighted by Crippen LogP contribution is -2.56. The van der Waals surface area contributed by atoms with E-state index in [1.807, 2.05) is 0 Å². The fourth-order valence-electron chi connectivity index (χ4n) is 2.29. The molecule has 0 saturated carbocycles. The quantitative estimate of drug-likeness (QED) is 0.909. The van der Waals surface area contributed by atoms with Crippen LogP contribution in [0.4, 0.5) is 13.2 Å². The maximum atomic E-state index is 13.4. The Balaban J connectivity index is 2.05. The summed E-state index contributed by atoms with van der Waals surface area (Å²) in [4.78, 5) is 19.9. The Morgan fingerprint density at radius 3 is 2.38 bits per heavy atom. The highest BCUT2D eigenvalue weighted by atomic mass is 19.4. The van der Waals surface area contributed by atoms with Crippen LogP contribution < -0.4 is 0 Å². The first kappa shape index (κ1) is 16.1. The third-order valence-corrected chi connectivity index (χ3v) is 3.53. The molecule has 0 radical (unpaired) electrons. The molecule has 1 N–H and O–H groups in total. The van der Waals surface area contributed by atoms with E-state index >= 15 is 0 Å². The second-order valence-corrected chi connectivity index (χ2v) is 5.14. The fourth-order valence-corrected chi connectivity index (χ4v) is 2.29. The van der Waals surface area contributed by atoms with Gasteiger partial charge in [0.25, 0.3) is 11.6 Å². The summed E-state index contributed by atoms with van der Waals surface area (Å²) >= 11 is 0. The highest BCUT2D eigenvalue weighted by molar-refractivity contribution is 6.05. The predicted octanol–water partition coefficient (Wildman–Crippen LogP) is 1.98. The number of amides is 1. The van der Waals surface area contributed by atoms with Gasteiger partial charge in [-0.2, -0.15) is 23.3 Å². The van der Waals surface area contributed by atoms with E-state index < -0.39 is 24.2 Å². The molecule has 0 saturated heterocycles. The van der Waals surface area contributed by atoms with Crippen LogP contribution in [0.1, 0.15) is 22.3 Å². The molecular formula is C15H11F3N4O2. The van der Waals surface area contributed by atoms with Gasteiger partial charge >= 0.3 is 6.18 Å². The lowest BCUT2D eigenvalue weighted by atomic mass is 10.0. The minimum absolute atomic E-state index is 0.0619. The normalized spacial score (nSPS) is 20.8. The molecule has 3 heterocycles. The maximum absolute atomic E-state index is 13.4. The molecule has 24 heavy (non-hydrogen) atoms. The van der Waals surface area contributed by atoms with E-state index in [9.17, 15) is 23.1 Å². The first-order chi connectivity index (χ1) is 11.3. The van der Waals surface area contributed by atoms with Gasteiger partial charge in [0.2, 0.25) is 0 Å². The zero-order chi connectivity index (χ0) is 17.4. The average molecular weight is 336 g/mol. The van der Waals surface area contributed by atoms with Crippen LogP contribution >= 0.6 is 0 Å². The maximum Gasteiger partial charge on any atom is 0.438 e. The van der Waals surface area contributed by atoms with E-state index in [1.54, 1.807) is 0 Å². The molecule has 0 unspecified atom stereocenters. The van der Waals surface area contributed by atoms with Gasteiger partial charge in [0.1, 0.15) is 0 Å². The standard InChI is InChI=1S/C15H11F3N4O2/c16-15(17,18)14(24)7-12(10-3-1-5-19-8-10)21-22(14)13(23)11-4-2-6-20-9-11/h1-6,8-9,24H,7H2/t14-/m0/s1. The fraction of sp³-hybridized carbons (Fsp3) is 0.200. The molecule has 0 spiro atoms. The van der Waals surface area contributed by atoms with Crippen molar-refractivity contribution in [3.05, 3.63) is 60.2 Å². The predicted molar refractivity (Wildman–Crippen MR) is 76.8 cm³/mol. The third kappa shape index (κ3) is 2.62. The average Bonchev–Trinajstić information content (AvgIpc) is 2.95. The number of alkyl halides is 3. The number of hydrazone groups is 1. The summed E-state index contributed by atoms with van der Waals surface area (Å²) in [7, 11) is 0. The van der Waals surface area contributed by atoms with Crippen LogP contribution in [-0.2, 0) is 0 Å². The SMILES string of the molecule is O=C(c1cccnc1)N1N=C(c2cccnc2)C[C@]1(O)C(F)(F)F. The van der Waals surface area contributed by atoms with E-state index in [1.165, 1.54) is 42.9 Å². The molecule has 1 atom stereocenters. The number of aromatic nitrogens is 2. The molecule has 0 bridgehead atoms. The third-order valence-electron chi connectivity index (χ3n) is 3.53. The lowest BCUT2D eigenvalue weighted by Gasteiger charge is -2.32. The van der Waals surface area contributed by atoms with Gasteiger partial charge in [-0.1, -0.05) is 6.07 Å². The van der Waals surface area contributed by atoms with Crippen LogP contribution in [0.25, 0.3) is 0 Å². The molecule has 1 aliphatic heterocycles. The van der Waals surface area contributed by atoms with Crippen LogP contribution in [-0.4, -0.2) is 43.6 Å². The van der Waals surface area contributed by atoms with Crippen molar-refractivity contribution >= 4 is 11.6 Å². The van der Waals surface area contributed by atoms with Crippen molar-refractivity contribution in [3.8, 4) is 0 Å². The number of halogens is 3. The second-order valence-electron chi connectivity index (χ2n) is 5.14. The van der Waals surface area contributed by atoms with E-state index in [-0.39, 0.29) is 16.3 Å². The van der Waals surface area contributed by atoms with Gasteiger partial charge in [-0.15, -0.1) is 0 Å². The van der Waals surface area contributed by atoms with Gasteiger partial charge in [-0.3, -0.25) is 14.8 Å². The van der Waals surface area contributed by atoms with Crippen molar-refractivity contribution in [1.29, 1.82) is 0 Å². The van der Waals surface area contributed by atoms with Gasteiger partial charge in [-0.25, -0.2) is 0 Å². The minimum atomic E-state index is -5.08. The molecule has 2 aromatic heterocycles. The molecule has 9 heteroatoms. The van der Waals surface area contributed by atoms with Crippen molar-refractivity contribution in [2.45, 2.75) is 18.3 Å². The highest BCUT2D eigenvalue weighted by Crippen LogP contribution is 2.41. The minimum Gasteiger partial charge on any atom is -0.362 e. The largest absolute Gasteiger partial charge is 0.438 e. The summed E-state index contributed by atoms with van der Waals surface area (Å²) in [6, 6.07) is 5.72. The Morgan fingerprint density at radius 2 is 1.83 bits per heavy atom. The molecule has 0 aromatic carbocycles. The van der Waals surface area contributed by atoms with Gasteiger partial charge in [0, 0.05) is 30.4 Å². The van der Waals surface area contributed by atoms with Crippen molar-refractivity contribution in [2.75, 3.05) is 0 Å². The topological polar surface area (TPSA) is 78.7 Å². The number of hydrogen-bond donors (Lipinski definition) is 1. The van der Waals surface area contributed by atoms with E-state index in [4.69, 9.17) is 0 Å². The molecule has 124 valence electrons. The molecule has 1 amide bonds. The van der Waals surface area contributed by atoms with Crippen molar-refractivity contribution in [2.24, 2.45) is 5.10 Å². The second kappa shape index (κ2) is 5.68. The van der Waals surface area contributed by atoms with E-state index in [0.29, 0.717) is 5.56 Å². The van der Waals surface area contributed by atoms with Crippen LogP contribution in [0.3, 0.4) is 0 Å². The first-order valence-corrected chi connectivity index (χ1v) is 6.84. The number of hydrogen-bond acceptors (Lipinski definition) is 5. The number of carbonyl (C=O) groups is 1. The number of aliphatic hydroxyl groups is 1. The smallest absolute Gasteiger partial charge is 0.362 e. The summed E-state index contributed by atoms with van der Waals surface area (Å²) in [6.45, 7) is 0. The van der Waals surface area contributed by atoms with Gasteiger partial charge in [-0.05, 0) is 18.2 Å². The lowest BCUT2D eigenvalue weighted by molar-refractivity contribution is -0.297. The molecule has 6 nitrogen and oxygen atoms in total. The zero-order valence-corrected chi connectivity index (χ0v) is 12.1. The summed E-state index contributed by atoms with van der Waals surface area (Å²) in [5.74, 6) is -1.10. The Hall–Kier alpha value is -2.81. The number of rotatable bonds is 2. The molecule has 1 aliphatic rings. The van der Waals surface area contributed by atoms with Crippen LogP contribution in [0.15, 0.2) is 54.2 Å². The molecule has 0 fully saturated rings. The van der Waals surface area contributed by atoms with Crippen molar-refractivity contribution in [1.82, 2.24) is 15.0 Å². The Labute approximate surface area is 134 Å². The first-order valence-electron chi connectivity index (χ1n) is 6.84. The van der Waals surface area contributed by atoms with Gasteiger partial charge in [0.15, 0.2) is 0 Å². The zero-order valence-electron chi connectivity index (χ0n) is 12.1. The molecule has 2 aromatic rings. The monoisotopic (exact) mass is 336 g/mol. The van der Waals surface area contributed by atoms with Crippen molar-refractivity contribution < 1.29 is 23.1 Å². The van der Waals surface area contributed by atoms with Crippen LogP contribution in [0.5, 0.6) is 0 Å². The summed E-state index contributed by atoms with van der Waals surface area (Å²) in [5.41, 5.74) is -3.33. The Bertz CT molecular complexity index is 780. The van der Waals surface area contributed by atoms with Gasteiger partial charge in [0.05, 0.1) is 17.7 Å². The van der Waals surface area contributed by atoms with Crippen LogP contribution in [0, 0.1) is 0 Å².